The van der Waals surface area contributed by atoms with Crippen LogP contribution in [0.2, 0.25) is 0 Å². The second-order valence-electron chi connectivity index (χ2n) is 7.91. The van der Waals surface area contributed by atoms with Gasteiger partial charge in [-0.25, -0.2) is 4.39 Å². The molecule has 5 rings (SSSR count). The van der Waals surface area contributed by atoms with Crippen molar-refractivity contribution in [2.24, 2.45) is 0 Å². The van der Waals surface area contributed by atoms with Crippen molar-refractivity contribution in [3.8, 4) is 11.5 Å². The molecule has 1 amide bonds. The topological polar surface area (TPSA) is 76.1 Å². The summed E-state index contributed by atoms with van der Waals surface area (Å²) >= 11 is 0. The Hall–Kier alpha value is -4.13. The van der Waals surface area contributed by atoms with Crippen LogP contribution in [-0.2, 0) is 9.59 Å². The molecule has 7 heteroatoms. The smallest absolute Gasteiger partial charge is 0.300 e. The van der Waals surface area contributed by atoms with Gasteiger partial charge in [-0.1, -0.05) is 29.8 Å². The Morgan fingerprint density at radius 2 is 1.61 bits per heavy atom. The molecule has 3 aromatic carbocycles. The van der Waals surface area contributed by atoms with Gasteiger partial charge >= 0.3 is 0 Å². The highest BCUT2D eigenvalue weighted by molar-refractivity contribution is 6.51. The van der Waals surface area contributed by atoms with Gasteiger partial charge in [0.25, 0.3) is 11.7 Å². The number of ketones is 1. The molecule has 166 valence electrons. The maximum Gasteiger partial charge on any atom is 0.300 e. The maximum atomic E-state index is 13.6. The third-order valence-electron chi connectivity index (χ3n) is 5.76. The van der Waals surface area contributed by atoms with Crippen molar-refractivity contribution in [1.29, 1.82) is 0 Å². The highest BCUT2D eigenvalue weighted by atomic mass is 19.1. The summed E-state index contributed by atoms with van der Waals surface area (Å²) < 4.78 is 24.7. The van der Waals surface area contributed by atoms with Crippen LogP contribution in [0.15, 0.2) is 72.3 Å². The van der Waals surface area contributed by atoms with Crippen molar-refractivity contribution >= 4 is 23.1 Å². The van der Waals surface area contributed by atoms with E-state index >= 15 is 0 Å². The number of nitrogens with zero attached hydrogens (tertiary/aromatic N) is 1. The summed E-state index contributed by atoms with van der Waals surface area (Å²) in [5.74, 6) is -1.40. The van der Waals surface area contributed by atoms with E-state index in [4.69, 9.17) is 9.47 Å². The highest BCUT2D eigenvalue weighted by Crippen LogP contribution is 2.43. The number of aliphatic hydroxyl groups is 1. The highest BCUT2D eigenvalue weighted by Gasteiger charge is 2.47. The Bertz CT molecular complexity index is 1280. The van der Waals surface area contributed by atoms with Gasteiger partial charge in [-0.3, -0.25) is 14.5 Å². The van der Waals surface area contributed by atoms with Gasteiger partial charge in [0.05, 0.1) is 11.6 Å². The molecule has 0 aliphatic carbocycles. The maximum absolute atomic E-state index is 13.6. The second kappa shape index (κ2) is 8.09. The normalized spacial score (nSPS) is 19.1. The predicted octanol–water partition coefficient (Wildman–Crippen LogP) is 4.53. The first kappa shape index (κ1) is 20.8. The number of hydrogen-bond acceptors (Lipinski definition) is 5. The summed E-state index contributed by atoms with van der Waals surface area (Å²) in [6.07, 6.45) is 0. The number of aliphatic hydroxyl groups excluding tert-OH is 1. The third-order valence-corrected chi connectivity index (χ3v) is 5.76. The van der Waals surface area contributed by atoms with Crippen molar-refractivity contribution < 1.29 is 28.6 Å². The number of carbonyl (C=O) groups is 2. The Morgan fingerprint density at radius 3 is 2.30 bits per heavy atom. The summed E-state index contributed by atoms with van der Waals surface area (Å²) in [6.45, 7) is 2.70. The quantitative estimate of drug-likeness (QED) is 0.364. The molecule has 0 bridgehead atoms. The van der Waals surface area contributed by atoms with Crippen molar-refractivity contribution in [3.63, 3.8) is 0 Å². The van der Waals surface area contributed by atoms with Gasteiger partial charge in [-0.15, -0.1) is 0 Å². The van der Waals surface area contributed by atoms with Gasteiger partial charge in [-0.2, -0.15) is 0 Å². The zero-order chi connectivity index (χ0) is 23.1. The van der Waals surface area contributed by atoms with Crippen LogP contribution < -0.4 is 14.4 Å². The van der Waals surface area contributed by atoms with E-state index in [2.05, 4.69) is 0 Å². The third kappa shape index (κ3) is 3.61. The Balaban J connectivity index is 1.68. The van der Waals surface area contributed by atoms with Gasteiger partial charge in [-0.05, 0) is 55.0 Å². The first-order valence-electron chi connectivity index (χ1n) is 10.5. The van der Waals surface area contributed by atoms with E-state index in [9.17, 15) is 19.1 Å². The number of amides is 1. The van der Waals surface area contributed by atoms with Gasteiger partial charge < -0.3 is 14.6 Å². The number of fused-ring (bicyclic) bond motifs is 1. The average molecular weight is 445 g/mol. The van der Waals surface area contributed by atoms with Crippen LogP contribution in [0.1, 0.15) is 22.7 Å². The molecule has 0 saturated carbocycles. The first-order chi connectivity index (χ1) is 15.9. The molecule has 1 fully saturated rings. The van der Waals surface area contributed by atoms with E-state index in [0.29, 0.717) is 41.5 Å². The number of halogens is 1. The van der Waals surface area contributed by atoms with E-state index in [1.54, 1.807) is 30.3 Å². The van der Waals surface area contributed by atoms with Crippen LogP contribution >= 0.6 is 0 Å². The minimum absolute atomic E-state index is 0.0798. The van der Waals surface area contributed by atoms with Gasteiger partial charge in [0.2, 0.25) is 0 Å². The molecule has 3 aromatic rings. The van der Waals surface area contributed by atoms with E-state index in [1.165, 1.54) is 29.2 Å². The second-order valence-corrected chi connectivity index (χ2v) is 7.91. The number of ether oxygens (including phenoxy) is 2. The summed E-state index contributed by atoms with van der Waals surface area (Å²) in [5.41, 5.74) is 2.22. The van der Waals surface area contributed by atoms with Crippen LogP contribution in [0.4, 0.5) is 10.1 Å². The van der Waals surface area contributed by atoms with Crippen LogP contribution in [0, 0.1) is 12.7 Å². The Kier molecular flexibility index (Phi) is 5.09. The SMILES string of the molecule is Cc1ccc(N2C(=O)C(=O)/C(=C(\O)c3ccc4c(c3)OCCO4)C2c2ccc(F)cc2)cc1. The fourth-order valence-electron chi connectivity index (χ4n) is 4.11. The molecule has 1 atom stereocenters. The monoisotopic (exact) mass is 445 g/mol. The molecular formula is C26H20FNO5. The molecule has 2 heterocycles. The minimum atomic E-state index is -0.929. The van der Waals surface area contributed by atoms with E-state index in [1.807, 2.05) is 19.1 Å². The molecule has 2 aliphatic rings. The number of rotatable bonds is 3. The number of hydrogen-bond donors (Lipinski definition) is 1. The van der Waals surface area contributed by atoms with E-state index < -0.39 is 23.5 Å². The molecule has 1 unspecified atom stereocenters. The largest absolute Gasteiger partial charge is 0.507 e. The molecule has 1 N–H and O–H groups in total. The number of benzene rings is 3. The zero-order valence-corrected chi connectivity index (χ0v) is 17.7. The first-order valence-corrected chi connectivity index (χ1v) is 10.5. The van der Waals surface area contributed by atoms with Crippen molar-refractivity contribution in [2.45, 2.75) is 13.0 Å². The molecule has 2 aliphatic heterocycles. The van der Waals surface area contributed by atoms with Gasteiger partial charge in [0.15, 0.2) is 11.5 Å². The Morgan fingerprint density at radius 1 is 0.939 bits per heavy atom. The lowest BCUT2D eigenvalue weighted by Gasteiger charge is -2.25. The zero-order valence-electron chi connectivity index (χ0n) is 17.7. The molecule has 1 saturated heterocycles. The lowest BCUT2D eigenvalue weighted by Crippen LogP contribution is -2.29. The molecule has 0 spiro atoms. The van der Waals surface area contributed by atoms with Crippen molar-refractivity contribution in [1.82, 2.24) is 0 Å². The predicted molar refractivity (Wildman–Crippen MR) is 120 cm³/mol. The van der Waals surface area contributed by atoms with Crippen LogP contribution in [0.3, 0.4) is 0 Å². The lowest BCUT2D eigenvalue weighted by molar-refractivity contribution is -0.132. The molecule has 6 nitrogen and oxygen atoms in total. The number of anilines is 1. The van der Waals surface area contributed by atoms with Gasteiger partial charge in [0.1, 0.15) is 24.8 Å². The van der Waals surface area contributed by atoms with Crippen LogP contribution in [0.5, 0.6) is 11.5 Å². The number of carbonyl (C=O) groups excluding carboxylic acids is 2. The number of Topliss-reactive ketones (excluding diaryl/α,β-unsaturated/α-hetero) is 1. The van der Waals surface area contributed by atoms with Crippen LogP contribution in [-0.4, -0.2) is 30.0 Å². The summed E-state index contributed by atoms with van der Waals surface area (Å²) in [6, 6.07) is 16.6. The molecule has 0 radical (unpaired) electrons. The van der Waals surface area contributed by atoms with Crippen LogP contribution in [0.25, 0.3) is 5.76 Å². The fourth-order valence-corrected chi connectivity index (χ4v) is 4.11. The minimum Gasteiger partial charge on any atom is -0.507 e. The summed E-state index contributed by atoms with van der Waals surface area (Å²) in [5, 5.41) is 11.2. The van der Waals surface area contributed by atoms with E-state index in [0.717, 1.165) is 5.56 Å². The summed E-state index contributed by atoms with van der Waals surface area (Å²) in [4.78, 5) is 27.6. The standard InChI is InChI=1S/C26H20FNO5/c1-15-2-9-19(10-3-15)28-23(16-4-7-18(27)8-5-16)22(25(30)26(28)31)24(29)17-6-11-20-21(14-17)33-13-12-32-20/h2-11,14,23,29H,12-13H2,1H3/b24-22-. The van der Waals surface area contributed by atoms with Crippen molar-refractivity contribution in [3.05, 3.63) is 94.8 Å². The van der Waals surface area contributed by atoms with E-state index in [-0.39, 0.29) is 11.3 Å². The fraction of sp³-hybridized carbons (Fsp3) is 0.154. The molecular weight excluding hydrogens is 425 g/mol. The number of aryl methyl sites for hydroxylation is 1. The molecule has 33 heavy (non-hydrogen) atoms. The van der Waals surface area contributed by atoms with Gasteiger partial charge in [0, 0.05) is 11.3 Å². The van der Waals surface area contributed by atoms with Crippen molar-refractivity contribution in [2.75, 3.05) is 18.1 Å². The Labute approximate surface area is 189 Å². The average Bonchev–Trinajstić information content (AvgIpc) is 3.10. The molecule has 0 aromatic heterocycles. The lowest BCUT2D eigenvalue weighted by atomic mass is 9.95. The summed E-state index contributed by atoms with van der Waals surface area (Å²) in [7, 11) is 0.